The zero-order valence-electron chi connectivity index (χ0n) is 28.9. The van der Waals surface area contributed by atoms with Crippen LogP contribution in [-0.4, -0.2) is 48.8 Å². The molecule has 7 aromatic rings. The first-order valence-electron chi connectivity index (χ1n) is 16.3. The molecule has 7 rings (SSSR count). The summed E-state index contributed by atoms with van der Waals surface area (Å²) in [4.78, 5) is 0. The van der Waals surface area contributed by atoms with Gasteiger partial charge in [0.15, 0.2) is 23.0 Å². The Morgan fingerprint density at radius 1 is 0.346 bits per heavy atom. The Kier molecular flexibility index (Phi) is 9.88. The molecule has 52 heavy (non-hydrogen) atoms. The predicted octanol–water partition coefficient (Wildman–Crippen LogP) is 9.50. The number of hydrogen-bond acceptors (Lipinski definition) is 10. The Labute approximate surface area is 300 Å². The molecule has 0 spiro atoms. The molecule has 2 aromatic heterocycles. The first kappa shape index (κ1) is 33.6. The summed E-state index contributed by atoms with van der Waals surface area (Å²) in [5, 5.41) is 17.1. The maximum absolute atomic E-state index is 6.02. The van der Waals surface area contributed by atoms with Crippen molar-refractivity contribution in [3.63, 3.8) is 0 Å². The SMILES string of the molecule is COc1ccc(/C=C/c2ccc(-c3nnc(-c4ccc(-c5nnc(-c6ccc(/C=C/c7ccc(OC)c(OC)c7)cc6)o5)cc4)o3)cc2)cc1OC. The Balaban J connectivity index is 0.978. The van der Waals surface area contributed by atoms with Gasteiger partial charge >= 0.3 is 0 Å². The fraction of sp³-hybridized carbons (Fsp3) is 0.0952. The number of methoxy groups -OCH3 is 4. The molecule has 0 saturated heterocycles. The maximum atomic E-state index is 6.02. The van der Waals surface area contributed by atoms with Crippen molar-refractivity contribution in [2.75, 3.05) is 28.4 Å². The van der Waals surface area contributed by atoms with Crippen molar-refractivity contribution in [1.29, 1.82) is 0 Å². The lowest BCUT2D eigenvalue weighted by molar-refractivity contribution is 0.355. The van der Waals surface area contributed by atoms with Crippen LogP contribution in [0, 0.1) is 0 Å². The average Bonchev–Trinajstić information content (AvgIpc) is 3.91. The third kappa shape index (κ3) is 7.46. The monoisotopic (exact) mass is 690 g/mol. The van der Waals surface area contributed by atoms with Gasteiger partial charge in [-0.2, -0.15) is 0 Å². The predicted molar refractivity (Wildman–Crippen MR) is 201 cm³/mol. The zero-order valence-corrected chi connectivity index (χ0v) is 28.9. The molecule has 10 nitrogen and oxygen atoms in total. The van der Waals surface area contributed by atoms with Gasteiger partial charge in [-0.15, -0.1) is 20.4 Å². The minimum atomic E-state index is 0.408. The Morgan fingerprint density at radius 2 is 0.615 bits per heavy atom. The van der Waals surface area contributed by atoms with Crippen LogP contribution >= 0.6 is 0 Å². The summed E-state index contributed by atoms with van der Waals surface area (Å²) >= 11 is 0. The third-order valence-electron chi connectivity index (χ3n) is 8.30. The van der Waals surface area contributed by atoms with E-state index in [9.17, 15) is 0 Å². The molecule has 5 aromatic carbocycles. The molecule has 0 saturated carbocycles. The van der Waals surface area contributed by atoms with E-state index in [2.05, 4.69) is 20.4 Å². The summed E-state index contributed by atoms with van der Waals surface area (Å²) in [6.45, 7) is 0. The molecule has 0 fully saturated rings. The van der Waals surface area contributed by atoms with E-state index in [0.717, 1.165) is 44.5 Å². The van der Waals surface area contributed by atoms with Gasteiger partial charge < -0.3 is 27.8 Å². The summed E-state index contributed by atoms with van der Waals surface area (Å²) in [5.41, 5.74) is 7.22. The van der Waals surface area contributed by atoms with Gasteiger partial charge in [0.05, 0.1) is 28.4 Å². The van der Waals surface area contributed by atoms with Crippen molar-refractivity contribution >= 4 is 24.3 Å². The molecule has 0 radical (unpaired) electrons. The average molecular weight is 691 g/mol. The number of rotatable bonds is 12. The normalized spacial score (nSPS) is 11.3. The molecule has 0 aliphatic carbocycles. The Hall–Kier alpha value is -6.94. The zero-order chi connectivity index (χ0) is 35.9. The second-order valence-electron chi connectivity index (χ2n) is 11.5. The fourth-order valence-electron chi connectivity index (χ4n) is 5.44. The van der Waals surface area contributed by atoms with E-state index in [1.165, 1.54) is 0 Å². The first-order chi connectivity index (χ1) is 25.5. The Morgan fingerprint density at radius 3 is 0.923 bits per heavy atom. The van der Waals surface area contributed by atoms with E-state index in [0.29, 0.717) is 46.6 Å². The van der Waals surface area contributed by atoms with Gasteiger partial charge in [-0.3, -0.25) is 0 Å². The molecule has 0 bridgehead atoms. The van der Waals surface area contributed by atoms with Crippen LogP contribution in [0.2, 0.25) is 0 Å². The second-order valence-corrected chi connectivity index (χ2v) is 11.5. The number of nitrogens with zero attached hydrogens (tertiary/aromatic N) is 4. The van der Waals surface area contributed by atoms with E-state index < -0.39 is 0 Å². The maximum Gasteiger partial charge on any atom is 0.248 e. The standard InChI is InChI=1S/C42H34N4O6/c1-47-35-23-13-29(25-37(35)49-3)7-5-27-9-15-31(16-10-27)39-43-45-41(51-39)33-19-21-34(22-20-33)42-46-44-40(52-42)32-17-11-28(12-18-32)6-8-30-14-24-36(48-2)38(26-30)50-4/h5-26H,1-4H3/b7-5+,8-6+. The topological polar surface area (TPSA) is 115 Å². The van der Waals surface area contributed by atoms with Crippen molar-refractivity contribution in [3.8, 4) is 68.8 Å². The molecule has 0 atom stereocenters. The molecule has 0 aliphatic heterocycles. The van der Waals surface area contributed by atoms with Crippen molar-refractivity contribution in [2.45, 2.75) is 0 Å². The third-order valence-corrected chi connectivity index (χ3v) is 8.30. The molecule has 0 aliphatic rings. The molecule has 0 amide bonds. The number of benzene rings is 5. The van der Waals surface area contributed by atoms with E-state index in [1.54, 1.807) is 28.4 Å². The summed E-state index contributed by atoms with van der Waals surface area (Å²) in [7, 11) is 6.49. The second kappa shape index (κ2) is 15.3. The number of aromatic nitrogens is 4. The van der Waals surface area contributed by atoms with Gasteiger partial charge in [0.25, 0.3) is 0 Å². The van der Waals surface area contributed by atoms with Gasteiger partial charge in [-0.05, 0) is 95.1 Å². The lowest BCUT2D eigenvalue weighted by atomic mass is 10.1. The minimum absolute atomic E-state index is 0.408. The van der Waals surface area contributed by atoms with E-state index >= 15 is 0 Å². The van der Waals surface area contributed by atoms with E-state index in [4.69, 9.17) is 27.8 Å². The summed E-state index contributed by atoms with van der Waals surface area (Å²) in [6, 6.07) is 34.9. The van der Waals surface area contributed by atoms with Crippen molar-refractivity contribution in [3.05, 3.63) is 131 Å². The quantitative estimate of drug-likeness (QED) is 0.115. The van der Waals surface area contributed by atoms with Gasteiger partial charge in [-0.1, -0.05) is 60.7 Å². The highest BCUT2D eigenvalue weighted by molar-refractivity contribution is 5.73. The summed E-state index contributed by atoms with van der Waals surface area (Å²) in [6.07, 6.45) is 8.08. The summed E-state index contributed by atoms with van der Waals surface area (Å²) < 4.78 is 33.5. The molecular weight excluding hydrogens is 656 g/mol. The van der Waals surface area contributed by atoms with Gasteiger partial charge in [0.1, 0.15) is 0 Å². The van der Waals surface area contributed by atoms with Crippen LogP contribution in [0.25, 0.3) is 70.1 Å². The lowest BCUT2D eigenvalue weighted by Gasteiger charge is -2.07. The van der Waals surface area contributed by atoms with Gasteiger partial charge in [0.2, 0.25) is 23.6 Å². The van der Waals surface area contributed by atoms with Crippen LogP contribution < -0.4 is 18.9 Å². The molecule has 0 unspecified atom stereocenters. The Bertz CT molecular complexity index is 2170. The van der Waals surface area contributed by atoms with Crippen LogP contribution in [0.5, 0.6) is 23.0 Å². The van der Waals surface area contributed by atoms with Crippen LogP contribution in [0.1, 0.15) is 22.3 Å². The van der Waals surface area contributed by atoms with Crippen molar-refractivity contribution in [2.24, 2.45) is 0 Å². The smallest absolute Gasteiger partial charge is 0.248 e. The fourth-order valence-corrected chi connectivity index (χ4v) is 5.44. The lowest BCUT2D eigenvalue weighted by Crippen LogP contribution is -1.90. The first-order valence-corrected chi connectivity index (χ1v) is 16.3. The van der Waals surface area contributed by atoms with Crippen molar-refractivity contribution < 1.29 is 27.8 Å². The largest absolute Gasteiger partial charge is 0.493 e. The molecule has 10 heteroatoms. The molecule has 0 N–H and O–H groups in total. The highest BCUT2D eigenvalue weighted by Crippen LogP contribution is 2.31. The van der Waals surface area contributed by atoms with E-state index in [-0.39, 0.29) is 0 Å². The van der Waals surface area contributed by atoms with Gasteiger partial charge in [-0.25, -0.2) is 0 Å². The highest BCUT2D eigenvalue weighted by Gasteiger charge is 2.14. The van der Waals surface area contributed by atoms with Crippen LogP contribution in [-0.2, 0) is 0 Å². The van der Waals surface area contributed by atoms with Crippen LogP contribution in [0.15, 0.2) is 118 Å². The molecular formula is C42H34N4O6. The molecule has 2 heterocycles. The van der Waals surface area contributed by atoms with Gasteiger partial charge in [0, 0.05) is 22.3 Å². The number of hydrogen-bond donors (Lipinski definition) is 0. The minimum Gasteiger partial charge on any atom is -0.493 e. The highest BCUT2D eigenvalue weighted by atomic mass is 16.5. The number of ether oxygens (including phenoxy) is 4. The van der Waals surface area contributed by atoms with Crippen molar-refractivity contribution in [1.82, 2.24) is 20.4 Å². The van der Waals surface area contributed by atoms with E-state index in [1.807, 2.05) is 133 Å². The van der Waals surface area contributed by atoms with Crippen LogP contribution in [0.3, 0.4) is 0 Å². The van der Waals surface area contributed by atoms with Crippen LogP contribution in [0.4, 0.5) is 0 Å². The summed E-state index contributed by atoms with van der Waals surface area (Å²) in [5.74, 6) is 4.42. The molecule has 258 valence electrons.